The third kappa shape index (κ3) is 8.15. The second-order valence-electron chi connectivity index (χ2n) is 6.67. The van der Waals surface area contributed by atoms with Crippen LogP contribution in [-0.4, -0.2) is 22.4 Å². The number of carbonyl (C=O) groups excluding carboxylic acids is 1. The summed E-state index contributed by atoms with van der Waals surface area (Å²) in [6.07, 6.45) is -3.90. The minimum atomic E-state index is -5.67. The molecule has 0 saturated heterocycles. The second kappa shape index (κ2) is 13.1. The van der Waals surface area contributed by atoms with Crippen LogP contribution in [0.5, 0.6) is 0 Å². The van der Waals surface area contributed by atoms with E-state index in [9.17, 15) is 45.5 Å². The summed E-state index contributed by atoms with van der Waals surface area (Å²) >= 11 is 0. The van der Waals surface area contributed by atoms with Crippen molar-refractivity contribution in [1.82, 2.24) is 9.78 Å². The van der Waals surface area contributed by atoms with Crippen LogP contribution in [0.4, 0.5) is 32.2 Å². The molecule has 182 valence electrons. The van der Waals surface area contributed by atoms with Gasteiger partial charge in [-0.2, -0.15) is 18.3 Å². The smallest absolute Gasteiger partial charge is 0.790 e. The molecular weight excluding hydrogens is 541 g/mol. The van der Waals surface area contributed by atoms with Gasteiger partial charge in [0.25, 0.3) is 5.91 Å². The number of carbonyl (C=O) groups is 1. The molecule has 0 aliphatic rings. The predicted molar refractivity (Wildman–Crippen MR) is 99.5 cm³/mol. The third-order valence-corrected chi connectivity index (χ3v) is 4.85. The van der Waals surface area contributed by atoms with E-state index in [-0.39, 0.29) is 64.0 Å². The summed E-state index contributed by atoms with van der Waals surface area (Å²) in [5.41, 5.74) is -3.21. The molecule has 0 bridgehead atoms. The molecule has 17 heteroatoms. The summed E-state index contributed by atoms with van der Waals surface area (Å²) in [6, 6.07) is 5.67. The van der Waals surface area contributed by atoms with Crippen molar-refractivity contribution in [3.8, 4) is 0 Å². The molecular formula is C19H12F6N3Na2O5P. The molecule has 0 atom stereocenters. The summed E-state index contributed by atoms with van der Waals surface area (Å²) in [6.45, 7) is -2.12. The van der Waals surface area contributed by atoms with Crippen LogP contribution in [-0.2, 0) is 21.8 Å². The largest absolute Gasteiger partial charge is 1.00 e. The van der Waals surface area contributed by atoms with E-state index in [2.05, 4.69) is 9.62 Å². The van der Waals surface area contributed by atoms with Gasteiger partial charge in [-0.1, -0.05) is 12.1 Å². The van der Waals surface area contributed by atoms with Gasteiger partial charge in [0, 0.05) is 17.8 Å². The Morgan fingerprint density at radius 3 is 2.11 bits per heavy atom. The van der Waals surface area contributed by atoms with Crippen LogP contribution >= 0.6 is 7.82 Å². The minimum Gasteiger partial charge on any atom is -0.790 e. The van der Waals surface area contributed by atoms with Gasteiger partial charge in [0.1, 0.15) is 29.7 Å². The van der Waals surface area contributed by atoms with Gasteiger partial charge in [0.2, 0.25) is 0 Å². The summed E-state index contributed by atoms with van der Waals surface area (Å²) in [5, 5.41) is 3.75. The van der Waals surface area contributed by atoms with Gasteiger partial charge in [0.15, 0.2) is 5.82 Å². The monoisotopic (exact) mass is 553 g/mol. The summed E-state index contributed by atoms with van der Waals surface area (Å²) in [4.78, 5) is 34.7. The van der Waals surface area contributed by atoms with Crippen LogP contribution in [0.15, 0.2) is 48.7 Å². The zero-order valence-corrected chi connectivity index (χ0v) is 23.5. The molecule has 0 aliphatic heterocycles. The number of hydrogen-bond donors (Lipinski definition) is 0. The maximum absolute atomic E-state index is 14.1. The number of hydrogen-bond acceptors (Lipinski definition) is 6. The molecule has 0 unspecified atom stereocenters. The van der Waals surface area contributed by atoms with E-state index in [1.165, 1.54) is 0 Å². The quantitative estimate of drug-likeness (QED) is 0.132. The van der Waals surface area contributed by atoms with Crippen LogP contribution < -0.4 is 73.8 Å². The molecule has 1 amide bonds. The molecule has 8 nitrogen and oxygen atoms in total. The number of halogens is 6. The fourth-order valence-corrected chi connectivity index (χ4v) is 3.18. The summed E-state index contributed by atoms with van der Waals surface area (Å²) in [7, 11) is -5.67. The number of anilines is 1. The van der Waals surface area contributed by atoms with Crippen molar-refractivity contribution in [2.24, 2.45) is 0 Å². The van der Waals surface area contributed by atoms with Crippen LogP contribution in [0.25, 0.3) is 0 Å². The average molecular weight is 553 g/mol. The zero-order chi connectivity index (χ0) is 25.3. The fraction of sp³-hybridized carbons (Fsp3) is 0.158. The van der Waals surface area contributed by atoms with E-state index >= 15 is 0 Å². The molecule has 1 heterocycles. The van der Waals surface area contributed by atoms with Crippen molar-refractivity contribution in [2.75, 3.05) is 11.6 Å². The first kappa shape index (κ1) is 32.8. The molecule has 2 aromatic carbocycles. The molecule has 1 aromatic heterocycles. The number of aromatic nitrogens is 2. The zero-order valence-electron chi connectivity index (χ0n) is 18.6. The van der Waals surface area contributed by atoms with Gasteiger partial charge in [-0.25, -0.2) is 13.2 Å². The van der Waals surface area contributed by atoms with Crippen LogP contribution in [0.3, 0.4) is 0 Å². The molecule has 0 spiro atoms. The number of phosphoric acid groups is 1. The molecule has 0 saturated carbocycles. The molecule has 0 N–H and O–H groups in total. The van der Waals surface area contributed by atoms with Crippen molar-refractivity contribution < 1.29 is 109 Å². The predicted octanol–water partition coefficient (Wildman–Crippen LogP) is -3.17. The van der Waals surface area contributed by atoms with E-state index in [4.69, 9.17) is 0 Å². The SMILES string of the molecule is O=C(c1c(F)cccc1F)N(COP(=O)([O-])[O-])c1ccn(Cc2c(F)cccc2C(F)(F)F)n1.[Na+].[Na+]. The second-order valence-corrected chi connectivity index (χ2v) is 7.82. The van der Waals surface area contributed by atoms with E-state index < -0.39 is 73.1 Å². The first-order chi connectivity index (χ1) is 15.8. The van der Waals surface area contributed by atoms with E-state index in [0.717, 1.165) is 47.3 Å². The number of amides is 1. The Morgan fingerprint density at radius 1 is 1.00 bits per heavy atom. The normalized spacial score (nSPS) is 11.4. The van der Waals surface area contributed by atoms with Gasteiger partial charge >= 0.3 is 65.3 Å². The number of phosphoric ester groups is 1. The molecule has 3 rings (SSSR count). The van der Waals surface area contributed by atoms with Crippen molar-refractivity contribution in [2.45, 2.75) is 12.7 Å². The topological polar surface area (TPSA) is 111 Å². The Kier molecular flexibility index (Phi) is 11.9. The van der Waals surface area contributed by atoms with Crippen molar-refractivity contribution >= 4 is 19.5 Å². The Morgan fingerprint density at radius 2 is 1.56 bits per heavy atom. The fourth-order valence-electron chi connectivity index (χ4n) is 2.92. The van der Waals surface area contributed by atoms with Gasteiger partial charge < -0.3 is 18.9 Å². The number of alkyl halides is 3. The maximum Gasteiger partial charge on any atom is 1.00 e. The molecule has 0 radical (unpaired) electrons. The summed E-state index contributed by atoms with van der Waals surface area (Å²) < 4.78 is 97.6. The van der Waals surface area contributed by atoms with Gasteiger partial charge in [-0.15, -0.1) is 0 Å². The maximum atomic E-state index is 14.1. The Bertz CT molecular complexity index is 1250. The van der Waals surface area contributed by atoms with Gasteiger partial charge in [-0.3, -0.25) is 14.4 Å². The van der Waals surface area contributed by atoms with E-state index in [1.54, 1.807) is 0 Å². The minimum absolute atomic E-state index is 0. The van der Waals surface area contributed by atoms with Crippen LogP contribution in [0, 0.1) is 17.5 Å². The van der Waals surface area contributed by atoms with Crippen molar-refractivity contribution in [1.29, 1.82) is 0 Å². The van der Waals surface area contributed by atoms with Crippen molar-refractivity contribution in [3.05, 3.63) is 82.8 Å². The molecule has 0 fully saturated rings. The number of benzene rings is 2. The molecule has 3 aromatic rings. The van der Waals surface area contributed by atoms with E-state index in [1.807, 2.05) is 0 Å². The Labute approximate surface area is 244 Å². The van der Waals surface area contributed by atoms with Gasteiger partial charge in [-0.05, 0) is 24.3 Å². The number of nitrogens with zero attached hydrogens (tertiary/aromatic N) is 3. The standard InChI is InChI=1S/C19H14F6N3O5P.2Na/c20-13-4-1-3-12(19(23,24)25)11(13)9-27-8-7-16(26-27)28(10-33-34(30,31)32)18(29)17-14(21)5-2-6-15(17)22;;/h1-8H,9-10H2,(H2,30,31,32);;/q;2*+1/p-2. The summed E-state index contributed by atoms with van der Waals surface area (Å²) in [5.74, 6) is -5.91. The first-order valence-electron chi connectivity index (χ1n) is 9.08. The number of rotatable bonds is 7. The van der Waals surface area contributed by atoms with Crippen molar-refractivity contribution in [3.63, 3.8) is 0 Å². The van der Waals surface area contributed by atoms with Gasteiger partial charge in [0.05, 0.1) is 19.9 Å². The third-order valence-electron chi connectivity index (χ3n) is 4.41. The molecule has 0 aliphatic carbocycles. The van der Waals surface area contributed by atoms with Crippen LogP contribution in [0.2, 0.25) is 0 Å². The molecule has 36 heavy (non-hydrogen) atoms. The van der Waals surface area contributed by atoms with E-state index in [0.29, 0.717) is 6.07 Å². The first-order valence-corrected chi connectivity index (χ1v) is 10.5. The van der Waals surface area contributed by atoms with Crippen LogP contribution in [0.1, 0.15) is 21.5 Å². The Balaban J connectivity index is 0.00000324. The Hall–Kier alpha value is -1.19. The average Bonchev–Trinajstić information content (AvgIpc) is 3.16.